The number of likely N-dealkylation sites (N-methyl/N-ethyl adjacent to an activating group) is 1. The summed E-state index contributed by atoms with van der Waals surface area (Å²) in [6, 6.07) is 14.4. The summed E-state index contributed by atoms with van der Waals surface area (Å²) in [5.41, 5.74) is 1.80. The van der Waals surface area contributed by atoms with Gasteiger partial charge in [-0.05, 0) is 101 Å². The molecule has 0 spiro atoms. The Bertz CT molecular complexity index is 1280. The minimum Gasteiger partial charge on any atom is -0.490 e. The predicted octanol–water partition coefficient (Wildman–Crippen LogP) is 6.00. The third-order valence-electron chi connectivity index (χ3n) is 8.06. The molecule has 3 aliphatic rings. The van der Waals surface area contributed by atoms with Gasteiger partial charge in [-0.1, -0.05) is 0 Å². The smallest absolute Gasteiger partial charge is 0.411 e. The summed E-state index contributed by atoms with van der Waals surface area (Å²) < 4.78 is 11.5. The second-order valence-corrected chi connectivity index (χ2v) is 13.5. The molecule has 0 aromatic heterocycles. The first-order valence-electron chi connectivity index (χ1n) is 15.1. The van der Waals surface area contributed by atoms with Crippen molar-refractivity contribution in [3.8, 4) is 5.75 Å². The van der Waals surface area contributed by atoms with Crippen molar-refractivity contribution in [2.45, 2.75) is 76.7 Å². The van der Waals surface area contributed by atoms with Gasteiger partial charge in [-0.25, -0.2) is 9.59 Å². The lowest BCUT2D eigenvalue weighted by Gasteiger charge is -2.32. The van der Waals surface area contributed by atoms with Crippen LogP contribution < -0.4 is 20.3 Å². The van der Waals surface area contributed by atoms with Crippen LogP contribution in [-0.2, 0) is 9.53 Å². The highest BCUT2D eigenvalue weighted by Crippen LogP contribution is 2.29. The molecule has 2 saturated heterocycles. The Hall–Kier alpha value is -3.60. The van der Waals surface area contributed by atoms with Crippen molar-refractivity contribution in [2.75, 3.05) is 47.3 Å². The number of nitrogens with zero attached hydrogens (tertiary/aromatic N) is 3. The third kappa shape index (κ3) is 8.07. The van der Waals surface area contributed by atoms with Crippen molar-refractivity contribution in [3.63, 3.8) is 0 Å². The number of carbonyl (C=O) groups excluding carboxylic acids is 3. The lowest BCUT2D eigenvalue weighted by atomic mass is 10.2. The average molecular weight is 610 g/mol. The van der Waals surface area contributed by atoms with Crippen LogP contribution in [-0.4, -0.2) is 83.4 Å². The molecule has 0 bridgehead atoms. The number of nitrogens with one attached hydrogen (secondary N) is 2. The highest BCUT2D eigenvalue weighted by atomic mass is 32.2. The van der Waals surface area contributed by atoms with E-state index in [1.54, 1.807) is 21.6 Å². The summed E-state index contributed by atoms with van der Waals surface area (Å²) in [6.45, 7) is 6.99. The number of benzene rings is 2. The SMILES string of the molecule is CN(C(=O)C1CSCN1C(=O)OC(C)(C)C)C1CCN(c2ccc(NC(=O)Nc3ccc(OC4CCCC4)cc3)cc2)C1. The Labute approximate surface area is 258 Å². The second kappa shape index (κ2) is 13.4. The number of hydrogen-bond donors (Lipinski definition) is 2. The maximum Gasteiger partial charge on any atom is 0.411 e. The van der Waals surface area contributed by atoms with Crippen LogP contribution in [0.2, 0.25) is 0 Å². The van der Waals surface area contributed by atoms with Crippen molar-refractivity contribution in [1.29, 1.82) is 0 Å². The molecular formula is C32H43N5O5S. The van der Waals surface area contributed by atoms with E-state index in [0.717, 1.165) is 37.2 Å². The zero-order chi connectivity index (χ0) is 30.6. The predicted molar refractivity (Wildman–Crippen MR) is 171 cm³/mol. The van der Waals surface area contributed by atoms with Crippen LogP contribution in [0.15, 0.2) is 48.5 Å². The molecule has 1 aliphatic carbocycles. The summed E-state index contributed by atoms with van der Waals surface area (Å²) in [5.74, 6) is 1.80. The lowest BCUT2D eigenvalue weighted by Crippen LogP contribution is -2.52. The van der Waals surface area contributed by atoms with E-state index in [0.29, 0.717) is 35.7 Å². The molecule has 2 N–H and O–H groups in total. The second-order valence-electron chi connectivity index (χ2n) is 12.5. The van der Waals surface area contributed by atoms with E-state index in [4.69, 9.17) is 9.47 Å². The lowest BCUT2D eigenvalue weighted by molar-refractivity contribution is -0.135. The van der Waals surface area contributed by atoms with E-state index in [2.05, 4.69) is 15.5 Å². The van der Waals surface area contributed by atoms with Crippen LogP contribution in [0.1, 0.15) is 52.9 Å². The maximum atomic E-state index is 13.4. The minimum absolute atomic E-state index is 0.0390. The molecule has 4 amide bonds. The number of urea groups is 1. The molecular weight excluding hydrogens is 566 g/mol. The van der Waals surface area contributed by atoms with Crippen LogP contribution in [0, 0.1) is 0 Å². The van der Waals surface area contributed by atoms with Crippen LogP contribution in [0.3, 0.4) is 0 Å². The third-order valence-corrected chi connectivity index (χ3v) is 9.07. The van der Waals surface area contributed by atoms with Gasteiger partial charge in [0.15, 0.2) is 0 Å². The van der Waals surface area contributed by atoms with Crippen LogP contribution >= 0.6 is 11.8 Å². The number of thioether (sulfide) groups is 1. The molecule has 0 radical (unpaired) electrons. The molecule has 2 aliphatic heterocycles. The van der Waals surface area contributed by atoms with Crippen molar-refractivity contribution < 1.29 is 23.9 Å². The van der Waals surface area contributed by atoms with E-state index in [1.165, 1.54) is 12.8 Å². The number of anilines is 3. The molecule has 11 heteroatoms. The Balaban J connectivity index is 1.09. The van der Waals surface area contributed by atoms with Gasteiger partial charge in [-0.2, -0.15) is 0 Å². The van der Waals surface area contributed by atoms with Gasteiger partial charge in [0.1, 0.15) is 17.4 Å². The molecule has 10 nitrogen and oxygen atoms in total. The Morgan fingerprint density at radius 1 is 0.930 bits per heavy atom. The normalized spacial score (nSPS) is 20.7. The van der Waals surface area contributed by atoms with E-state index >= 15 is 0 Å². The molecule has 3 fully saturated rings. The van der Waals surface area contributed by atoms with E-state index in [9.17, 15) is 14.4 Å². The van der Waals surface area contributed by atoms with Crippen molar-refractivity contribution in [1.82, 2.24) is 9.80 Å². The molecule has 2 atom stereocenters. The van der Waals surface area contributed by atoms with E-state index in [1.807, 2.05) is 76.3 Å². The van der Waals surface area contributed by atoms with Gasteiger partial charge in [-0.15, -0.1) is 11.8 Å². The number of ether oxygens (including phenoxy) is 2. The van der Waals surface area contributed by atoms with Gasteiger partial charge < -0.3 is 29.9 Å². The molecule has 1 saturated carbocycles. The Morgan fingerprint density at radius 2 is 1.56 bits per heavy atom. The van der Waals surface area contributed by atoms with Crippen molar-refractivity contribution in [3.05, 3.63) is 48.5 Å². The van der Waals surface area contributed by atoms with Gasteiger partial charge in [0.05, 0.1) is 18.0 Å². The zero-order valence-corrected chi connectivity index (χ0v) is 26.3. The summed E-state index contributed by atoms with van der Waals surface area (Å²) in [7, 11) is 1.83. The highest BCUT2D eigenvalue weighted by molar-refractivity contribution is 7.99. The first kappa shape index (κ1) is 30.8. The quantitative estimate of drug-likeness (QED) is 0.397. The first-order valence-corrected chi connectivity index (χ1v) is 16.2. The molecule has 43 heavy (non-hydrogen) atoms. The number of hydrogen-bond acceptors (Lipinski definition) is 7. The molecule has 5 rings (SSSR count). The molecule has 232 valence electrons. The van der Waals surface area contributed by atoms with Gasteiger partial charge >= 0.3 is 12.1 Å². The van der Waals surface area contributed by atoms with Crippen LogP contribution in [0.4, 0.5) is 26.7 Å². The van der Waals surface area contributed by atoms with Crippen molar-refractivity contribution in [2.24, 2.45) is 0 Å². The fourth-order valence-corrected chi connectivity index (χ4v) is 6.85. The molecule has 2 unspecified atom stereocenters. The number of rotatable bonds is 7. The molecule has 2 aromatic rings. The maximum absolute atomic E-state index is 13.4. The summed E-state index contributed by atoms with van der Waals surface area (Å²) in [4.78, 5) is 44.3. The van der Waals surface area contributed by atoms with Crippen LogP contribution in [0.5, 0.6) is 5.75 Å². The van der Waals surface area contributed by atoms with Gasteiger partial charge in [-0.3, -0.25) is 9.69 Å². The number of amides is 4. The summed E-state index contributed by atoms with van der Waals surface area (Å²) in [6.07, 6.45) is 5.34. The largest absolute Gasteiger partial charge is 0.490 e. The Kier molecular flexibility index (Phi) is 9.59. The molecule has 2 aromatic carbocycles. The van der Waals surface area contributed by atoms with E-state index < -0.39 is 17.7 Å². The van der Waals surface area contributed by atoms with Crippen LogP contribution in [0.25, 0.3) is 0 Å². The van der Waals surface area contributed by atoms with Gasteiger partial charge in [0, 0.05) is 43.0 Å². The Morgan fingerprint density at radius 3 is 2.19 bits per heavy atom. The van der Waals surface area contributed by atoms with Crippen molar-refractivity contribution >= 4 is 46.9 Å². The van der Waals surface area contributed by atoms with Gasteiger partial charge in [0.25, 0.3) is 0 Å². The van der Waals surface area contributed by atoms with E-state index in [-0.39, 0.29) is 18.0 Å². The number of carbonyl (C=O) groups is 3. The minimum atomic E-state index is -0.610. The fraction of sp³-hybridized carbons (Fsp3) is 0.531. The fourth-order valence-electron chi connectivity index (χ4n) is 5.72. The first-order chi connectivity index (χ1) is 20.6. The molecule has 2 heterocycles. The van der Waals surface area contributed by atoms with Gasteiger partial charge in [0.2, 0.25) is 5.91 Å². The topological polar surface area (TPSA) is 103 Å². The zero-order valence-electron chi connectivity index (χ0n) is 25.5. The summed E-state index contributed by atoms with van der Waals surface area (Å²) in [5, 5.41) is 5.75. The highest BCUT2D eigenvalue weighted by Gasteiger charge is 2.40. The average Bonchev–Trinajstić information content (AvgIpc) is 3.75. The monoisotopic (exact) mass is 609 g/mol. The standard InChI is InChI=1S/C32H43N5O5S/c1-32(2,3)42-31(40)37-21-43-20-28(37)29(38)35(4)25-17-18-36(19-25)24-13-9-22(10-14-24)33-30(39)34-23-11-15-27(16-12-23)41-26-7-5-6-8-26/h9-16,25-26,28H,5-8,17-21H2,1-4H3,(H2,33,34,39). The summed E-state index contributed by atoms with van der Waals surface area (Å²) >= 11 is 1.57.